The van der Waals surface area contributed by atoms with E-state index in [9.17, 15) is 4.79 Å². The Morgan fingerprint density at radius 2 is 2.13 bits per heavy atom. The first-order chi connectivity index (χ1) is 10.9. The third kappa shape index (κ3) is 3.03. The lowest BCUT2D eigenvalue weighted by molar-refractivity contribution is -0.123. The summed E-state index contributed by atoms with van der Waals surface area (Å²) in [7, 11) is 1.70. The highest BCUT2D eigenvalue weighted by Gasteiger charge is 2.28. The maximum absolute atomic E-state index is 11.8. The van der Waals surface area contributed by atoms with Crippen LogP contribution in [-0.4, -0.2) is 31.0 Å². The lowest BCUT2D eigenvalue weighted by atomic mass is 9.84. The third-order valence-electron chi connectivity index (χ3n) is 4.69. The van der Waals surface area contributed by atoms with Crippen molar-refractivity contribution in [3.63, 3.8) is 0 Å². The van der Waals surface area contributed by atoms with Gasteiger partial charge in [0.05, 0.1) is 5.92 Å². The number of fused-ring (bicyclic) bond motifs is 1. The maximum atomic E-state index is 11.8. The Labute approximate surface area is 137 Å². The average molecular weight is 311 g/mol. The predicted molar refractivity (Wildman–Crippen MR) is 94.8 cm³/mol. The van der Waals surface area contributed by atoms with Gasteiger partial charge in [-0.05, 0) is 28.9 Å². The summed E-state index contributed by atoms with van der Waals surface area (Å²) >= 11 is 0. The summed E-state index contributed by atoms with van der Waals surface area (Å²) in [5.74, 6) is 1.16. The molecule has 0 spiro atoms. The molecule has 1 aromatic heterocycles. The van der Waals surface area contributed by atoms with Crippen molar-refractivity contribution in [1.29, 1.82) is 0 Å². The van der Waals surface area contributed by atoms with Crippen LogP contribution in [0, 0.1) is 5.92 Å². The van der Waals surface area contributed by atoms with Crippen molar-refractivity contribution in [2.75, 3.05) is 25.0 Å². The molecule has 0 bridgehead atoms. The molecule has 3 rings (SSSR count). The number of amides is 1. The van der Waals surface area contributed by atoms with Gasteiger partial charge < -0.3 is 10.2 Å². The second kappa shape index (κ2) is 5.84. The number of hydrogen-bond donors (Lipinski definition) is 1. The molecule has 1 aromatic carbocycles. The molecule has 1 aliphatic rings. The first kappa shape index (κ1) is 15.8. The van der Waals surface area contributed by atoms with E-state index in [1.54, 1.807) is 7.05 Å². The highest BCUT2D eigenvalue weighted by Crippen LogP contribution is 2.32. The monoisotopic (exact) mass is 311 g/mol. The molecule has 0 unspecified atom stereocenters. The van der Waals surface area contributed by atoms with Gasteiger partial charge in [0.1, 0.15) is 5.82 Å². The summed E-state index contributed by atoms with van der Waals surface area (Å²) < 4.78 is 0. The second-order valence-electron chi connectivity index (χ2n) is 7.37. The van der Waals surface area contributed by atoms with Crippen LogP contribution >= 0.6 is 0 Å². The molecule has 0 saturated carbocycles. The van der Waals surface area contributed by atoms with E-state index in [2.05, 4.69) is 60.2 Å². The summed E-state index contributed by atoms with van der Waals surface area (Å²) in [5, 5.41) is 5.17. The van der Waals surface area contributed by atoms with Gasteiger partial charge in [0.25, 0.3) is 0 Å². The van der Waals surface area contributed by atoms with E-state index in [1.807, 2.05) is 6.20 Å². The van der Waals surface area contributed by atoms with Crippen LogP contribution in [0.2, 0.25) is 0 Å². The molecular formula is C19H25N3O. The lowest BCUT2D eigenvalue weighted by Crippen LogP contribution is -2.30. The van der Waals surface area contributed by atoms with Gasteiger partial charge in [-0.1, -0.05) is 39.0 Å². The van der Waals surface area contributed by atoms with Gasteiger partial charge in [0.2, 0.25) is 5.91 Å². The minimum atomic E-state index is 0.0680. The van der Waals surface area contributed by atoms with E-state index in [0.717, 1.165) is 25.3 Å². The number of rotatable bonds is 2. The third-order valence-corrected chi connectivity index (χ3v) is 4.69. The highest BCUT2D eigenvalue weighted by atomic mass is 16.1. The van der Waals surface area contributed by atoms with Crippen molar-refractivity contribution < 1.29 is 4.79 Å². The van der Waals surface area contributed by atoms with E-state index < -0.39 is 0 Å². The molecule has 2 heterocycles. The van der Waals surface area contributed by atoms with Crippen LogP contribution in [0.5, 0.6) is 0 Å². The standard InChI is InChI=1S/C19H25N3O/c1-19(2,3)16-7-5-6-13-10-17(21-11-15(13)16)22-9-8-14(12-22)18(23)20-4/h5-7,10-11,14H,8-9,12H2,1-4H3,(H,20,23)/t14-/m0/s1. The van der Waals surface area contributed by atoms with Gasteiger partial charge in [-0.15, -0.1) is 0 Å². The van der Waals surface area contributed by atoms with Gasteiger partial charge in [-0.2, -0.15) is 0 Å². The number of hydrogen-bond acceptors (Lipinski definition) is 3. The molecule has 1 fully saturated rings. The lowest BCUT2D eigenvalue weighted by Gasteiger charge is -2.22. The topological polar surface area (TPSA) is 45.2 Å². The number of aromatic nitrogens is 1. The van der Waals surface area contributed by atoms with Crippen molar-refractivity contribution in [2.24, 2.45) is 5.92 Å². The van der Waals surface area contributed by atoms with Crippen LogP contribution in [0.4, 0.5) is 5.82 Å². The predicted octanol–water partition coefficient (Wildman–Crippen LogP) is 3.10. The van der Waals surface area contributed by atoms with Crippen molar-refractivity contribution in [2.45, 2.75) is 32.6 Å². The van der Waals surface area contributed by atoms with Crippen LogP contribution in [-0.2, 0) is 10.2 Å². The zero-order valence-corrected chi connectivity index (χ0v) is 14.4. The minimum Gasteiger partial charge on any atom is -0.359 e. The van der Waals surface area contributed by atoms with Gasteiger partial charge in [0, 0.05) is 31.7 Å². The molecule has 4 heteroatoms. The van der Waals surface area contributed by atoms with Crippen molar-refractivity contribution in [1.82, 2.24) is 10.3 Å². The van der Waals surface area contributed by atoms with Crippen LogP contribution < -0.4 is 10.2 Å². The average Bonchev–Trinajstić information content (AvgIpc) is 3.02. The zero-order chi connectivity index (χ0) is 16.6. The highest BCUT2D eigenvalue weighted by molar-refractivity contribution is 5.88. The quantitative estimate of drug-likeness (QED) is 0.927. The number of carbonyl (C=O) groups is 1. The maximum Gasteiger partial charge on any atom is 0.224 e. The molecule has 2 aromatic rings. The number of pyridine rings is 1. The normalized spacial score (nSPS) is 18.4. The fourth-order valence-corrected chi connectivity index (χ4v) is 3.37. The Hall–Kier alpha value is -2.10. The van der Waals surface area contributed by atoms with Crippen LogP contribution in [0.25, 0.3) is 10.8 Å². The molecule has 1 saturated heterocycles. The fourth-order valence-electron chi connectivity index (χ4n) is 3.37. The van der Waals surface area contributed by atoms with Crippen LogP contribution in [0.1, 0.15) is 32.8 Å². The number of benzene rings is 1. The van der Waals surface area contributed by atoms with Gasteiger partial charge >= 0.3 is 0 Å². The van der Waals surface area contributed by atoms with Gasteiger partial charge in [-0.25, -0.2) is 4.98 Å². The Morgan fingerprint density at radius 3 is 2.83 bits per heavy atom. The molecule has 1 aliphatic heterocycles. The Balaban J connectivity index is 1.92. The molecule has 1 atom stereocenters. The van der Waals surface area contributed by atoms with E-state index in [-0.39, 0.29) is 17.2 Å². The molecule has 23 heavy (non-hydrogen) atoms. The molecule has 4 nitrogen and oxygen atoms in total. The number of anilines is 1. The van der Waals surface area contributed by atoms with E-state index >= 15 is 0 Å². The van der Waals surface area contributed by atoms with Crippen LogP contribution in [0.3, 0.4) is 0 Å². The largest absolute Gasteiger partial charge is 0.359 e. The van der Waals surface area contributed by atoms with Crippen molar-refractivity contribution >= 4 is 22.5 Å². The molecule has 0 radical (unpaired) electrons. The number of carbonyl (C=O) groups excluding carboxylic acids is 1. The fraction of sp³-hybridized carbons (Fsp3) is 0.474. The summed E-state index contributed by atoms with van der Waals surface area (Å²) in [6, 6.07) is 8.59. The molecule has 1 amide bonds. The van der Waals surface area contributed by atoms with Gasteiger partial charge in [0.15, 0.2) is 0 Å². The summed E-state index contributed by atoms with van der Waals surface area (Å²) in [6.45, 7) is 8.31. The SMILES string of the molecule is CNC(=O)[C@H]1CCN(c2cc3cccc(C(C)(C)C)c3cn2)C1. The number of nitrogens with one attached hydrogen (secondary N) is 1. The summed E-state index contributed by atoms with van der Waals surface area (Å²) in [5.41, 5.74) is 1.42. The Morgan fingerprint density at radius 1 is 1.35 bits per heavy atom. The first-order valence-corrected chi connectivity index (χ1v) is 8.26. The van der Waals surface area contributed by atoms with Crippen molar-refractivity contribution in [3.8, 4) is 0 Å². The van der Waals surface area contributed by atoms with E-state index in [4.69, 9.17) is 0 Å². The first-order valence-electron chi connectivity index (χ1n) is 8.26. The second-order valence-corrected chi connectivity index (χ2v) is 7.37. The van der Waals surface area contributed by atoms with Crippen molar-refractivity contribution in [3.05, 3.63) is 36.0 Å². The summed E-state index contributed by atoms with van der Waals surface area (Å²) in [4.78, 5) is 18.7. The Kier molecular flexibility index (Phi) is 4.00. The smallest absolute Gasteiger partial charge is 0.224 e. The zero-order valence-electron chi connectivity index (χ0n) is 14.4. The summed E-state index contributed by atoms with van der Waals surface area (Å²) in [6.07, 6.45) is 2.87. The Bertz CT molecular complexity index is 733. The number of nitrogens with zero attached hydrogens (tertiary/aromatic N) is 2. The van der Waals surface area contributed by atoms with Crippen LogP contribution in [0.15, 0.2) is 30.5 Å². The molecule has 0 aliphatic carbocycles. The van der Waals surface area contributed by atoms with E-state index in [1.165, 1.54) is 16.3 Å². The van der Waals surface area contributed by atoms with E-state index in [0.29, 0.717) is 0 Å². The molecular weight excluding hydrogens is 286 g/mol. The molecule has 1 N–H and O–H groups in total. The minimum absolute atomic E-state index is 0.0680. The van der Waals surface area contributed by atoms with Gasteiger partial charge in [-0.3, -0.25) is 4.79 Å². The molecule has 122 valence electrons.